The highest BCUT2D eigenvalue weighted by atomic mass is 16.5. The fraction of sp³-hybridized carbons (Fsp3) is 0.444. The molecule has 0 bridgehead atoms. The number of hydrogen-bond donors (Lipinski definition) is 0. The first-order valence-corrected chi connectivity index (χ1v) is 8.16. The van der Waals surface area contributed by atoms with Gasteiger partial charge in [0.1, 0.15) is 12.4 Å². The first-order chi connectivity index (χ1) is 12.1. The summed E-state index contributed by atoms with van der Waals surface area (Å²) in [4.78, 5) is 28.2. The molecule has 2 aliphatic heterocycles. The van der Waals surface area contributed by atoms with E-state index in [2.05, 4.69) is 11.0 Å². The van der Waals surface area contributed by atoms with Gasteiger partial charge in [0.2, 0.25) is 0 Å². The third-order valence-corrected chi connectivity index (χ3v) is 4.56. The lowest BCUT2D eigenvalue weighted by Crippen LogP contribution is -2.39. The zero-order valence-electron chi connectivity index (χ0n) is 14.7. The van der Waals surface area contributed by atoms with E-state index in [-0.39, 0.29) is 24.6 Å². The molecule has 0 aliphatic carbocycles. The van der Waals surface area contributed by atoms with E-state index in [1.54, 1.807) is 4.90 Å². The Balaban J connectivity index is 2.06. The molecule has 134 valence electrons. The molecule has 0 saturated carbocycles. The van der Waals surface area contributed by atoms with Crippen molar-refractivity contribution in [2.24, 2.45) is 0 Å². The minimum Gasteiger partial charge on any atom is -0.466 e. The molecule has 7 nitrogen and oxygen atoms in total. The van der Waals surface area contributed by atoms with Crippen LogP contribution in [0.25, 0.3) is 0 Å². The summed E-state index contributed by atoms with van der Waals surface area (Å²) in [5, 5.41) is 0. The van der Waals surface area contributed by atoms with Crippen molar-refractivity contribution in [1.29, 1.82) is 0 Å². The van der Waals surface area contributed by atoms with E-state index in [0.29, 0.717) is 0 Å². The van der Waals surface area contributed by atoms with Gasteiger partial charge in [-0.3, -0.25) is 0 Å². The summed E-state index contributed by atoms with van der Waals surface area (Å²) in [6.45, 7) is 1.16. The van der Waals surface area contributed by atoms with Crippen molar-refractivity contribution in [1.82, 2.24) is 0 Å². The van der Waals surface area contributed by atoms with E-state index >= 15 is 0 Å². The molecule has 1 aromatic carbocycles. The molecular formula is C18H22N2O5. The molecule has 2 heterocycles. The van der Waals surface area contributed by atoms with Crippen LogP contribution >= 0.6 is 0 Å². The van der Waals surface area contributed by atoms with Crippen molar-refractivity contribution in [3.8, 4) is 0 Å². The average molecular weight is 346 g/mol. The second-order valence-electron chi connectivity index (χ2n) is 6.05. The quantitative estimate of drug-likeness (QED) is 0.768. The van der Waals surface area contributed by atoms with Crippen molar-refractivity contribution >= 4 is 23.3 Å². The van der Waals surface area contributed by atoms with E-state index in [1.807, 2.05) is 19.2 Å². The molecule has 3 rings (SSSR count). The lowest BCUT2D eigenvalue weighted by atomic mass is 10.0. The fourth-order valence-corrected chi connectivity index (χ4v) is 3.26. The van der Waals surface area contributed by atoms with E-state index in [9.17, 15) is 9.59 Å². The van der Waals surface area contributed by atoms with Gasteiger partial charge in [0.15, 0.2) is 0 Å². The van der Waals surface area contributed by atoms with Gasteiger partial charge in [-0.25, -0.2) is 9.59 Å². The molecule has 0 unspecified atom stereocenters. The van der Waals surface area contributed by atoms with Crippen molar-refractivity contribution in [3.63, 3.8) is 0 Å². The van der Waals surface area contributed by atoms with Crippen LogP contribution < -0.4 is 9.80 Å². The predicted molar refractivity (Wildman–Crippen MR) is 92.4 cm³/mol. The Morgan fingerprint density at radius 3 is 2.64 bits per heavy atom. The summed E-state index contributed by atoms with van der Waals surface area (Å²) < 4.78 is 15.2. The zero-order valence-corrected chi connectivity index (χ0v) is 14.7. The molecule has 2 aliphatic rings. The summed E-state index contributed by atoms with van der Waals surface area (Å²) >= 11 is 0. The summed E-state index contributed by atoms with van der Waals surface area (Å²) in [6, 6.07) is 6.01. The van der Waals surface area contributed by atoms with Crippen LogP contribution in [-0.4, -0.2) is 53.1 Å². The van der Waals surface area contributed by atoms with Crippen LogP contribution in [0.1, 0.15) is 12.0 Å². The number of fused-ring (bicyclic) bond motifs is 1. The van der Waals surface area contributed by atoms with Gasteiger partial charge in [0.05, 0.1) is 26.4 Å². The normalized spacial score (nSPS) is 17.2. The Labute approximate surface area is 146 Å². The smallest absolute Gasteiger partial charge is 0.355 e. The monoisotopic (exact) mass is 346 g/mol. The van der Waals surface area contributed by atoms with Gasteiger partial charge in [-0.05, 0) is 30.5 Å². The van der Waals surface area contributed by atoms with Crippen molar-refractivity contribution in [2.45, 2.75) is 12.8 Å². The molecular weight excluding hydrogens is 324 g/mol. The van der Waals surface area contributed by atoms with Gasteiger partial charge in [0.25, 0.3) is 0 Å². The van der Waals surface area contributed by atoms with Crippen LogP contribution in [0.5, 0.6) is 0 Å². The molecule has 0 aromatic heterocycles. The number of benzene rings is 1. The molecule has 0 atom stereocenters. The minimum absolute atomic E-state index is 0.0124. The van der Waals surface area contributed by atoms with E-state index < -0.39 is 11.9 Å². The number of hydrogen-bond acceptors (Lipinski definition) is 7. The molecule has 0 spiro atoms. The summed E-state index contributed by atoms with van der Waals surface area (Å²) in [5.41, 5.74) is 3.49. The second-order valence-corrected chi connectivity index (χ2v) is 6.05. The number of carbonyl (C=O) groups excluding carboxylic acids is 2. The number of carbonyl (C=O) groups is 2. The standard InChI is InChI=1S/C18H22N2O5/c1-19-8-4-5-12-6-7-13(9-15(12)19)20-11-25-10-14(17(21)23-2)16(20)18(22)24-3/h6-7,9H,4-5,8,10-11H2,1-3H3. The van der Waals surface area contributed by atoms with Gasteiger partial charge < -0.3 is 24.0 Å². The number of ether oxygens (including phenoxy) is 3. The maximum atomic E-state index is 12.3. The van der Waals surface area contributed by atoms with Gasteiger partial charge in [-0.1, -0.05) is 6.07 Å². The molecule has 1 aromatic rings. The van der Waals surface area contributed by atoms with Gasteiger partial charge in [-0.2, -0.15) is 0 Å². The Bertz CT molecular complexity index is 728. The number of nitrogens with zero attached hydrogens (tertiary/aromatic N) is 2. The van der Waals surface area contributed by atoms with Crippen LogP contribution in [0.15, 0.2) is 29.5 Å². The lowest BCUT2D eigenvalue weighted by Gasteiger charge is -2.33. The van der Waals surface area contributed by atoms with E-state index in [0.717, 1.165) is 30.8 Å². The summed E-state index contributed by atoms with van der Waals surface area (Å²) in [5.74, 6) is -1.19. The number of rotatable bonds is 3. The molecule has 0 N–H and O–H groups in total. The predicted octanol–water partition coefficient (Wildman–Crippen LogP) is 1.46. The average Bonchev–Trinajstić information content (AvgIpc) is 2.66. The molecule has 0 radical (unpaired) electrons. The maximum absolute atomic E-state index is 12.3. The Morgan fingerprint density at radius 2 is 1.92 bits per heavy atom. The number of methoxy groups -OCH3 is 2. The highest BCUT2D eigenvalue weighted by molar-refractivity contribution is 6.03. The van der Waals surface area contributed by atoms with Gasteiger partial charge in [0, 0.05) is 25.0 Å². The first-order valence-electron chi connectivity index (χ1n) is 8.16. The zero-order chi connectivity index (χ0) is 18.0. The van der Waals surface area contributed by atoms with Crippen LogP contribution in [-0.2, 0) is 30.2 Å². The largest absolute Gasteiger partial charge is 0.466 e. The highest BCUT2D eigenvalue weighted by Crippen LogP contribution is 2.33. The van der Waals surface area contributed by atoms with Crippen LogP contribution in [0.4, 0.5) is 11.4 Å². The topological polar surface area (TPSA) is 68.3 Å². The summed E-state index contributed by atoms with van der Waals surface area (Å²) in [7, 11) is 4.61. The second kappa shape index (κ2) is 7.14. The molecule has 0 amide bonds. The van der Waals surface area contributed by atoms with Crippen molar-refractivity contribution < 1.29 is 23.8 Å². The lowest BCUT2D eigenvalue weighted by molar-refractivity contribution is -0.140. The van der Waals surface area contributed by atoms with Gasteiger partial charge >= 0.3 is 11.9 Å². The van der Waals surface area contributed by atoms with E-state index in [1.165, 1.54) is 19.8 Å². The van der Waals surface area contributed by atoms with Crippen molar-refractivity contribution in [3.05, 3.63) is 35.0 Å². The SMILES string of the molecule is COC(=O)C1=C(C(=O)OC)N(c2ccc3c(c2)N(C)CCC3)COC1. The minimum atomic E-state index is -0.597. The number of anilines is 2. The molecule has 0 fully saturated rings. The summed E-state index contributed by atoms with van der Waals surface area (Å²) in [6.07, 6.45) is 2.15. The molecule has 25 heavy (non-hydrogen) atoms. The molecule has 7 heteroatoms. The highest BCUT2D eigenvalue weighted by Gasteiger charge is 2.32. The third kappa shape index (κ3) is 3.19. The van der Waals surface area contributed by atoms with Gasteiger partial charge in [-0.15, -0.1) is 0 Å². The Kier molecular flexibility index (Phi) is 4.94. The van der Waals surface area contributed by atoms with E-state index in [4.69, 9.17) is 14.2 Å². The van der Waals surface area contributed by atoms with Crippen molar-refractivity contribution in [2.75, 3.05) is 50.9 Å². The fourth-order valence-electron chi connectivity index (χ4n) is 3.26. The number of esters is 2. The van der Waals surface area contributed by atoms with Crippen LogP contribution in [0, 0.1) is 0 Å². The maximum Gasteiger partial charge on any atom is 0.355 e. The first kappa shape index (κ1) is 17.3. The molecule has 0 saturated heterocycles. The Hall–Kier alpha value is -2.54. The Morgan fingerprint density at radius 1 is 1.16 bits per heavy atom. The van der Waals surface area contributed by atoms with Crippen LogP contribution in [0.3, 0.4) is 0 Å². The third-order valence-electron chi connectivity index (χ3n) is 4.56. The number of aryl methyl sites for hydroxylation is 1. The van der Waals surface area contributed by atoms with Crippen LogP contribution in [0.2, 0.25) is 0 Å².